The van der Waals surface area contributed by atoms with Crippen LogP contribution in [-0.2, 0) is 26.0 Å². The summed E-state index contributed by atoms with van der Waals surface area (Å²) in [6.07, 6.45) is 3.21. The van der Waals surface area contributed by atoms with E-state index in [1.807, 2.05) is 12.1 Å². The third-order valence-electron chi connectivity index (χ3n) is 4.06. The van der Waals surface area contributed by atoms with Gasteiger partial charge in [-0.2, -0.15) is 0 Å². The van der Waals surface area contributed by atoms with Crippen LogP contribution in [-0.4, -0.2) is 28.1 Å². The number of carbonyl (C=O) groups excluding carboxylic acids is 1. The van der Waals surface area contributed by atoms with E-state index in [-0.39, 0.29) is 11.5 Å². The highest BCUT2D eigenvalue weighted by Gasteiger charge is 2.16. The summed E-state index contributed by atoms with van der Waals surface area (Å²) in [5.74, 6) is -0.0743. The molecule has 0 heterocycles. The van der Waals surface area contributed by atoms with Crippen molar-refractivity contribution in [2.45, 2.75) is 38.0 Å². The average molecular weight is 391 g/mol. The summed E-state index contributed by atoms with van der Waals surface area (Å²) in [7, 11) is -2.44. The van der Waals surface area contributed by atoms with Crippen LogP contribution in [0.3, 0.4) is 0 Å². The summed E-state index contributed by atoms with van der Waals surface area (Å²) in [5.41, 5.74) is 2.30. The molecule has 0 unspecified atom stereocenters. The van der Waals surface area contributed by atoms with Crippen LogP contribution < -0.4 is 9.46 Å². The second kappa shape index (κ2) is 9.41. The third-order valence-corrected chi connectivity index (χ3v) is 5.43. The zero-order valence-electron chi connectivity index (χ0n) is 15.8. The van der Waals surface area contributed by atoms with E-state index in [2.05, 4.69) is 16.4 Å². The number of methoxy groups -OCH3 is 1. The fraction of sp³-hybridized carbons (Fsp3) is 0.350. The van der Waals surface area contributed by atoms with Gasteiger partial charge >= 0.3 is 5.97 Å². The summed E-state index contributed by atoms with van der Waals surface area (Å²) < 4.78 is 37.6. The predicted octanol–water partition coefficient (Wildman–Crippen LogP) is 3.69. The molecule has 2 rings (SSSR count). The number of esters is 1. The Bertz CT molecular complexity index is 876. The van der Waals surface area contributed by atoms with Crippen molar-refractivity contribution in [1.82, 2.24) is 0 Å². The van der Waals surface area contributed by atoms with Crippen molar-refractivity contribution in [1.29, 1.82) is 0 Å². The molecular weight excluding hydrogens is 366 g/mol. The Labute approximate surface area is 160 Å². The van der Waals surface area contributed by atoms with Crippen molar-refractivity contribution in [3.63, 3.8) is 0 Å². The van der Waals surface area contributed by atoms with E-state index in [9.17, 15) is 13.2 Å². The van der Waals surface area contributed by atoms with E-state index in [0.717, 1.165) is 19.3 Å². The molecular formula is C20H25NO5S. The summed E-state index contributed by atoms with van der Waals surface area (Å²) >= 11 is 0. The largest absolute Gasteiger partial charge is 0.482 e. The Kier molecular flexibility index (Phi) is 7.24. The summed E-state index contributed by atoms with van der Waals surface area (Å²) in [6, 6.07) is 11.9. The molecule has 0 fully saturated rings. The Hall–Kier alpha value is -2.54. The topological polar surface area (TPSA) is 81.7 Å². The number of anilines is 1. The molecule has 6 nitrogen and oxygen atoms in total. The number of hydrogen-bond donors (Lipinski definition) is 1. The Balaban J connectivity index is 2.09. The molecule has 0 aliphatic carbocycles. The van der Waals surface area contributed by atoms with Gasteiger partial charge in [0.05, 0.1) is 12.0 Å². The second-order valence-corrected chi connectivity index (χ2v) is 7.88. The summed E-state index contributed by atoms with van der Waals surface area (Å²) in [5, 5.41) is 0. The molecule has 0 saturated carbocycles. The van der Waals surface area contributed by atoms with Crippen LogP contribution in [0.1, 0.15) is 30.9 Å². The van der Waals surface area contributed by atoms with Crippen molar-refractivity contribution in [3.8, 4) is 5.75 Å². The second-order valence-electron chi connectivity index (χ2n) is 6.20. The van der Waals surface area contributed by atoms with E-state index in [0.29, 0.717) is 17.0 Å². The minimum Gasteiger partial charge on any atom is -0.482 e. The number of unbranched alkanes of at least 4 members (excludes halogenated alkanes) is 1. The molecule has 0 radical (unpaired) electrons. The van der Waals surface area contributed by atoms with Gasteiger partial charge < -0.3 is 9.47 Å². The molecule has 2 aromatic carbocycles. The van der Waals surface area contributed by atoms with Gasteiger partial charge in [-0.25, -0.2) is 13.2 Å². The Morgan fingerprint density at radius 3 is 2.41 bits per heavy atom. The number of rotatable bonds is 9. The SMILES string of the molecule is CCCCc1ccc(NS(=O)(=O)c2ccc(OCC(=O)OC)c(C)c2)cc1. The minimum atomic E-state index is -3.72. The number of ether oxygens (including phenoxy) is 2. The van der Waals surface area contributed by atoms with Gasteiger partial charge in [0.15, 0.2) is 6.61 Å². The Morgan fingerprint density at radius 2 is 1.81 bits per heavy atom. The first kappa shape index (κ1) is 20.8. The van der Waals surface area contributed by atoms with Crippen LogP contribution in [0.5, 0.6) is 5.75 Å². The molecule has 0 amide bonds. The molecule has 0 atom stereocenters. The average Bonchev–Trinajstić information content (AvgIpc) is 2.65. The molecule has 7 heteroatoms. The highest BCUT2D eigenvalue weighted by molar-refractivity contribution is 7.92. The number of sulfonamides is 1. The predicted molar refractivity (Wildman–Crippen MR) is 105 cm³/mol. The molecule has 0 aliphatic rings. The zero-order chi connectivity index (χ0) is 19.9. The van der Waals surface area contributed by atoms with Crippen molar-refractivity contribution in [2.75, 3.05) is 18.4 Å². The molecule has 1 N–H and O–H groups in total. The van der Waals surface area contributed by atoms with Crippen LogP contribution in [0.15, 0.2) is 47.4 Å². The van der Waals surface area contributed by atoms with Gasteiger partial charge in [0.2, 0.25) is 0 Å². The number of carbonyl (C=O) groups is 1. The van der Waals surface area contributed by atoms with Gasteiger partial charge in [-0.15, -0.1) is 0 Å². The van der Waals surface area contributed by atoms with Crippen LogP contribution in [0.2, 0.25) is 0 Å². The van der Waals surface area contributed by atoms with Gasteiger partial charge in [0.1, 0.15) is 5.75 Å². The third kappa shape index (κ3) is 5.99. The maximum atomic E-state index is 12.6. The van der Waals surface area contributed by atoms with Crippen LogP contribution in [0, 0.1) is 6.92 Å². The molecule has 0 bridgehead atoms. The summed E-state index contributed by atoms with van der Waals surface area (Å²) in [4.78, 5) is 11.3. The minimum absolute atomic E-state index is 0.125. The van der Waals surface area contributed by atoms with Gasteiger partial charge in [0.25, 0.3) is 10.0 Å². The van der Waals surface area contributed by atoms with Gasteiger partial charge in [-0.05, 0) is 61.2 Å². The number of benzene rings is 2. The fourth-order valence-corrected chi connectivity index (χ4v) is 3.62. The normalized spacial score (nSPS) is 11.1. The van der Waals surface area contributed by atoms with E-state index >= 15 is 0 Å². The highest BCUT2D eigenvalue weighted by atomic mass is 32.2. The fourth-order valence-electron chi connectivity index (χ4n) is 2.48. The maximum Gasteiger partial charge on any atom is 0.343 e. The standard InChI is InChI=1S/C20H25NO5S/c1-4-5-6-16-7-9-17(10-8-16)21-27(23,24)18-11-12-19(15(2)13-18)26-14-20(22)25-3/h7-13,21H,4-6,14H2,1-3H3. The summed E-state index contributed by atoms with van der Waals surface area (Å²) in [6.45, 7) is 3.62. The lowest BCUT2D eigenvalue weighted by Crippen LogP contribution is -2.15. The number of aryl methyl sites for hydroxylation is 2. The quantitative estimate of drug-likeness (QED) is 0.659. The van der Waals surface area contributed by atoms with Crippen LogP contribution in [0.4, 0.5) is 5.69 Å². The van der Waals surface area contributed by atoms with Crippen LogP contribution in [0.25, 0.3) is 0 Å². The van der Waals surface area contributed by atoms with E-state index in [4.69, 9.17) is 4.74 Å². The molecule has 146 valence electrons. The first-order valence-electron chi connectivity index (χ1n) is 8.77. The number of nitrogens with one attached hydrogen (secondary N) is 1. The molecule has 0 aromatic heterocycles. The first-order chi connectivity index (χ1) is 12.9. The molecule has 0 aliphatic heterocycles. The first-order valence-corrected chi connectivity index (χ1v) is 10.3. The lowest BCUT2D eigenvalue weighted by atomic mass is 10.1. The highest BCUT2D eigenvalue weighted by Crippen LogP contribution is 2.24. The molecule has 0 spiro atoms. The van der Waals surface area contributed by atoms with E-state index in [1.165, 1.54) is 30.9 Å². The molecule has 0 saturated heterocycles. The van der Waals surface area contributed by atoms with Crippen molar-refractivity contribution >= 4 is 21.7 Å². The monoisotopic (exact) mass is 391 g/mol. The van der Waals surface area contributed by atoms with Gasteiger partial charge in [-0.1, -0.05) is 25.5 Å². The smallest absolute Gasteiger partial charge is 0.343 e. The van der Waals surface area contributed by atoms with Crippen molar-refractivity contribution < 1.29 is 22.7 Å². The maximum absolute atomic E-state index is 12.6. The lowest BCUT2D eigenvalue weighted by Gasteiger charge is -2.12. The van der Waals surface area contributed by atoms with E-state index < -0.39 is 16.0 Å². The number of hydrogen-bond acceptors (Lipinski definition) is 5. The van der Waals surface area contributed by atoms with Crippen molar-refractivity contribution in [3.05, 3.63) is 53.6 Å². The lowest BCUT2D eigenvalue weighted by molar-refractivity contribution is -0.142. The van der Waals surface area contributed by atoms with Crippen LogP contribution >= 0.6 is 0 Å². The molecule has 27 heavy (non-hydrogen) atoms. The van der Waals surface area contributed by atoms with E-state index in [1.54, 1.807) is 19.1 Å². The van der Waals surface area contributed by atoms with Crippen molar-refractivity contribution in [2.24, 2.45) is 0 Å². The van der Waals surface area contributed by atoms with Gasteiger partial charge in [0, 0.05) is 5.69 Å². The Morgan fingerprint density at radius 1 is 1.11 bits per heavy atom. The van der Waals surface area contributed by atoms with Gasteiger partial charge in [-0.3, -0.25) is 4.72 Å². The zero-order valence-corrected chi connectivity index (χ0v) is 16.6. The molecule has 2 aromatic rings.